The molecule has 4 heteroatoms. The number of Topliss-reactive ketones (excluding diaryl/α,β-unsaturated/α-hetero) is 1. The quantitative estimate of drug-likeness (QED) is 0.774. The van der Waals surface area contributed by atoms with Crippen LogP contribution in [0.15, 0.2) is 12.1 Å². The van der Waals surface area contributed by atoms with Crippen LogP contribution in [-0.2, 0) is 0 Å². The van der Waals surface area contributed by atoms with E-state index < -0.39 is 17.6 Å². The van der Waals surface area contributed by atoms with Gasteiger partial charge in [0.2, 0.25) is 0 Å². The molecule has 0 bridgehead atoms. The smallest absolute Gasteiger partial charge is 0.182 e. The van der Waals surface area contributed by atoms with Crippen molar-refractivity contribution in [2.45, 2.75) is 19.9 Å². The molecule has 1 unspecified atom stereocenters. The minimum atomic E-state index is -0.717. The Morgan fingerprint density at radius 3 is 2.60 bits per heavy atom. The zero-order valence-corrected chi connectivity index (χ0v) is 9.00. The van der Waals surface area contributed by atoms with Crippen molar-refractivity contribution in [2.75, 3.05) is 7.11 Å². The molecule has 15 heavy (non-hydrogen) atoms. The number of carbonyl (C=O) groups excluding carboxylic acids is 1. The zero-order chi connectivity index (χ0) is 11.6. The van der Waals surface area contributed by atoms with Gasteiger partial charge in [-0.2, -0.15) is 0 Å². The topological polar surface area (TPSA) is 52.3 Å². The Morgan fingerprint density at radius 2 is 2.13 bits per heavy atom. The van der Waals surface area contributed by atoms with Gasteiger partial charge in [0.15, 0.2) is 5.78 Å². The molecule has 0 aliphatic rings. The molecule has 1 atom stereocenters. The second kappa shape index (κ2) is 4.40. The average Bonchev–Trinajstić information content (AvgIpc) is 2.20. The first kappa shape index (κ1) is 11.7. The van der Waals surface area contributed by atoms with E-state index in [4.69, 9.17) is 10.5 Å². The van der Waals surface area contributed by atoms with Crippen LogP contribution in [0.25, 0.3) is 0 Å². The van der Waals surface area contributed by atoms with E-state index in [-0.39, 0.29) is 5.56 Å². The van der Waals surface area contributed by atoms with Crippen LogP contribution in [0.2, 0.25) is 0 Å². The van der Waals surface area contributed by atoms with Gasteiger partial charge >= 0.3 is 0 Å². The number of methoxy groups -OCH3 is 1. The van der Waals surface area contributed by atoms with E-state index in [1.54, 1.807) is 6.92 Å². The van der Waals surface area contributed by atoms with Gasteiger partial charge in [-0.3, -0.25) is 4.79 Å². The number of ether oxygens (including phenoxy) is 1. The van der Waals surface area contributed by atoms with Gasteiger partial charge in [-0.1, -0.05) is 0 Å². The maximum atomic E-state index is 13.6. The number of hydrogen-bond acceptors (Lipinski definition) is 3. The molecule has 0 saturated carbocycles. The molecule has 0 saturated heterocycles. The number of hydrogen-bond donors (Lipinski definition) is 1. The highest BCUT2D eigenvalue weighted by molar-refractivity contribution is 6.00. The van der Waals surface area contributed by atoms with Gasteiger partial charge in [0.25, 0.3) is 0 Å². The number of ketones is 1. The lowest BCUT2D eigenvalue weighted by molar-refractivity contribution is 0.0963. The minimum absolute atomic E-state index is 0.0122. The lowest BCUT2D eigenvalue weighted by Gasteiger charge is -2.09. The Labute approximate surface area is 88.0 Å². The highest BCUT2D eigenvalue weighted by atomic mass is 19.1. The molecule has 82 valence electrons. The Hall–Kier alpha value is -1.42. The maximum Gasteiger partial charge on any atom is 0.182 e. The molecule has 1 rings (SSSR count). The van der Waals surface area contributed by atoms with Gasteiger partial charge in [0, 0.05) is 0 Å². The number of carbonyl (C=O) groups is 1. The zero-order valence-electron chi connectivity index (χ0n) is 9.00. The van der Waals surface area contributed by atoms with E-state index in [1.807, 2.05) is 0 Å². The largest absolute Gasteiger partial charge is 0.497 e. The van der Waals surface area contributed by atoms with Crippen molar-refractivity contribution in [3.8, 4) is 5.75 Å². The van der Waals surface area contributed by atoms with Crippen molar-refractivity contribution in [1.29, 1.82) is 0 Å². The van der Waals surface area contributed by atoms with Crippen LogP contribution in [0.5, 0.6) is 5.75 Å². The van der Waals surface area contributed by atoms with Crippen molar-refractivity contribution < 1.29 is 13.9 Å². The van der Waals surface area contributed by atoms with Gasteiger partial charge < -0.3 is 10.5 Å². The molecule has 2 N–H and O–H groups in total. The number of aryl methyl sites for hydroxylation is 1. The number of rotatable bonds is 3. The molecule has 1 aromatic carbocycles. The maximum absolute atomic E-state index is 13.6. The van der Waals surface area contributed by atoms with E-state index in [2.05, 4.69) is 0 Å². The summed E-state index contributed by atoms with van der Waals surface area (Å²) in [5, 5.41) is 0. The van der Waals surface area contributed by atoms with Crippen molar-refractivity contribution in [1.82, 2.24) is 0 Å². The fourth-order valence-electron chi connectivity index (χ4n) is 1.28. The fourth-order valence-corrected chi connectivity index (χ4v) is 1.28. The molecule has 0 heterocycles. The second-order valence-corrected chi connectivity index (χ2v) is 3.46. The van der Waals surface area contributed by atoms with Crippen LogP contribution in [0.1, 0.15) is 22.8 Å². The summed E-state index contributed by atoms with van der Waals surface area (Å²) in [4.78, 5) is 11.6. The van der Waals surface area contributed by atoms with Gasteiger partial charge in [0.1, 0.15) is 11.6 Å². The Balaban J connectivity index is 3.27. The first-order valence-electron chi connectivity index (χ1n) is 4.61. The standard InChI is InChI=1S/C11H14FNO2/c1-6-4-8(15-3)5-9(10(6)12)11(14)7(2)13/h4-5,7H,13H2,1-3H3. The number of benzene rings is 1. The predicted octanol–water partition coefficient (Wildman–Crippen LogP) is 1.67. The van der Waals surface area contributed by atoms with E-state index in [0.29, 0.717) is 11.3 Å². The van der Waals surface area contributed by atoms with Crippen LogP contribution in [0, 0.1) is 12.7 Å². The van der Waals surface area contributed by atoms with Gasteiger partial charge in [-0.25, -0.2) is 4.39 Å². The second-order valence-electron chi connectivity index (χ2n) is 3.46. The molecular weight excluding hydrogens is 197 g/mol. The molecule has 0 spiro atoms. The third kappa shape index (κ3) is 2.33. The van der Waals surface area contributed by atoms with E-state index >= 15 is 0 Å². The Morgan fingerprint density at radius 1 is 1.53 bits per heavy atom. The lowest BCUT2D eigenvalue weighted by atomic mass is 10.0. The third-order valence-corrected chi connectivity index (χ3v) is 2.14. The Kier molecular flexibility index (Phi) is 3.42. The van der Waals surface area contributed by atoms with E-state index in [0.717, 1.165) is 0 Å². The molecule has 0 radical (unpaired) electrons. The summed E-state index contributed by atoms with van der Waals surface area (Å²) in [6, 6.07) is 2.19. The Bertz CT molecular complexity index is 388. The van der Waals surface area contributed by atoms with Gasteiger partial charge in [-0.05, 0) is 31.5 Å². The molecular formula is C11H14FNO2. The summed E-state index contributed by atoms with van der Waals surface area (Å²) >= 11 is 0. The molecule has 0 aromatic heterocycles. The van der Waals surface area contributed by atoms with E-state index in [1.165, 1.54) is 26.2 Å². The summed E-state index contributed by atoms with van der Waals surface area (Å²) in [5.41, 5.74) is 5.78. The van der Waals surface area contributed by atoms with Crippen LogP contribution < -0.4 is 10.5 Å². The molecule has 3 nitrogen and oxygen atoms in total. The SMILES string of the molecule is COc1cc(C)c(F)c(C(=O)C(C)N)c1. The summed E-state index contributed by atoms with van der Waals surface area (Å²) < 4.78 is 18.6. The summed E-state index contributed by atoms with van der Waals surface area (Å²) in [5.74, 6) is -0.495. The van der Waals surface area contributed by atoms with Crippen molar-refractivity contribution >= 4 is 5.78 Å². The van der Waals surface area contributed by atoms with Gasteiger partial charge in [0.05, 0.1) is 18.7 Å². The molecule has 0 fully saturated rings. The molecule has 0 amide bonds. The third-order valence-electron chi connectivity index (χ3n) is 2.14. The first-order chi connectivity index (χ1) is 6.97. The fraction of sp³-hybridized carbons (Fsp3) is 0.364. The minimum Gasteiger partial charge on any atom is -0.497 e. The highest BCUT2D eigenvalue weighted by Crippen LogP contribution is 2.21. The normalized spacial score (nSPS) is 12.3. The highest BCUT2D eigenvalue weighted by Gasteiger charge is 2.18. The average molecular weight is 211 g/mol. The van der Waals surface area contributed by atoms with Crippen LogP contribution in [0.3, 0.4) is 0 Å². The van der Waals surface area contributed by atoms with Crippen LogP contribution in [-0.4, -0.2) is 18.9 Å². The van der Waals surface area contributed by atoms with E-state index in [9.17, 15) is 9.18 Å². The summed E-state index contributed by atoms with van der Waals surface area (Å²) in [6.45, 7) is 3.10. The number of nitrogens with two attached hydrogens (primary N) is 1. The van der Waals surface area contributed by atoms with Crippen LogP contribution >= 0.6 is 0 Å². The number of halogens is 1. The van der Waals surface area contributed by atoms with Crippen LogP contribution in [0.4, 0.5) is 4.39 Å². The lowest BCUT2D eigenvalue weighted by Crippen LogP contribution is -2.27. The van der Waals surface area contributed by atoms with Gasteiger partial charge in [-0.15, -0.1) is 0 Å². The first-order valence-corrected chi connectivity index (χ1v) is 4.61. The summed E-state index contributed by atoms with van der Waals surface area (Å²) in [7, 11) is 1.47. The monoisotopic (exact) mass is 211 g/mol. The molecule has 1 aromatic rings. The molecule has 0 aliphatic carbocycles. The molecule has 0 aliphatic heterocycles. The van der Waals surface area contributed by atoms with Crippen molar-refractivity contribution in [3.63, 3.8) is 0 Å². The van der Waals surface area contributed by atoms with Crippen molar-refractivity contribution in [2.24, 2.45) is 5.73 Å². The summed E-state index contributed by atoms with van der Waals surface area (Å²) in [6.07, 6.45) is 0. The van der Waals surface area contributed by atoms with Crippen molar-refractivity contribution in [3.05, 3.63) is 29.1 Å². The predicted molar refractivity (Wildman–Crippen MR) is 55.7 cm³/mol.